The Labute approximate surface area is 193 Å². The molecule has 2 aromatic heterocycles. The van der Waals surface area contributed by atoms with Crippen LogP contribution < -0.4 is 4.74 Å². The zero-order valence-corrected chi connectivity index (χ0v) is 18.1. The summed E-state index contributed by atoms with van der Waals surface area (Å²) >= 11 is 0. The normalized spacial score (nSPS) is 14.2. The minimum absolute atomic E-state index is 0.00320. The number of fused-ring (bicyclic) bond motifs is 4. The van der Waals surface area contributed by atoms with Crippen LogP contribution in [0, 0.1) is 0 Å². The number of pyridine rings is 1. The third-order valence-corrected chi connectivity index (χ3v) is 6.38. The Morgan fingerprint density at radius 2 is 1.85 bits per heavy atom. The first-order valence-corrected chi connectivity index (χ1v) is 11.1. The van der Waals surface area contributed by atoms with Gasteiger partial charge in [-0.2, -0.15) is 8.78 Å². The summed E-state index contributed by atoms with van der Waals surface area (Å²) < 4.78 is 36.9. The Bertz CT molecular complexity index is 1560. The largest absolute Gasteiger partial charge is 0.452 e. The number of hydrogen-bond donors (Lipinski definition) is 0. The molecule has 7 heteroatoms. The van der Waals surface area contributed by atoms with Gasteiger partial charge in [-0.1, -0.05) is 36.4 Å². The molecule has 0 bridgehead atoms. The van der Waals surface area contributed by atoms with Crippen molar-refractivity contribution in [2.75, 3.05) is 6.54 Å². The second-order valence-corrected chi connectivity index (χ2v) is 8.38. The molecule has 3 aromatic carbocycles. The Balaban J connectivity index is 1.57. The fourth-order valence-electron chi connectivity index (χ4n) is 4.89. The third kappa shape index (κ3) is 3.36. The maximum atomic E-state index is 13.1. The molecule has 0 saturated carbocycles. The fraction of sp³-hybridized carbons (Fsp3) is 0.185. The number of benzene rings is 3. The molecule has 0 N–H and O–H groups in total. The molecule has 0 spiro atoms. The first-order valence-electron chi connectivity index (χ1n) is 11.1. The lowest BCUT2D eigenvalue weighted by Gasteiger charge is -2.17. The molecule has 170 valence electrons. The van der Waals surface area contributed by atoms with E-state index < -0.39 is 6.61 Å². The van der Waals surface area contributed by atoms with E-state index in [-0.39, 0.29) is 17.2 Å². The van der Waals surface area contributed by atoms with Crippen molar-refractivity contribution >= 4 is 38.7 Å². The number of carbonyl (C=O) groups excluding carboxylic acids is 1. The summed E-state index contributed by atoms with van der Waals surface area (Å²) in [7, 11) is 0. The van der Waals surface area contributed by atoms with Crippen LogP contribution >= 0.6 is 0 Å². The average molecular weight is 458 g/mol. The summed E-state index contributed by atoms with van der Waals surface area (Å²) in [4.78, 5) is 18.7. The molecule has 0 atom stereocenters. The van der Waals surface area contributed by atoms with Crippen molar-refractivity contribution in [3.8, 4) is 16.9 Å². The predicted octanol–water partition coefficient (Wildman–Crippen LogP) is 6.53. The van der Waals surface area contributed by atoms with E-state index in [1.54, 1.807) is 18.3 Å². The maximum absolute atomic E-state index is 13.1. The highest BCUT2D eigenvalue weighted by Crippen LogP contribution is 2.43. The van der Waals surface area contributed by atoms with E-state index in [9.17, 15) is 13.6 Å². The Kier molecular flexibility index (Phi) is 4.90. The summed E-state index contributed by atoms with van der Waals surface area (Å²) in [6.07, 6.45) is 3.20. The van der Waals surface area contributed by atoms with Gasteiger partial charge >= 0.3 is 6.61 Å². The average Bonchev–Trinajstić information content (AvgIpc) is 3.43. The number of carbonyl (C=O) groups is 1. The molecule has 1 aliphatic rings. The van der Waals surface area contributed by atoms with Crippen LogP contribution in [0.1, 0.15) is 18.4 Å². The van der Waals surface area contributed by atoms with Gasteiger partial charge in [0.2, 0.25) is 5.91 Å². The molecular weight excluding hydrogens is 438 g/mol. The molecular formula is C27H20F2N2O3. The number of para-hydroxylation sites is 2. The topological polar surface area (TPSA) is 55.6 Å². The second kappa shape index (κ2) is 8.09. The SMILES string of the molecule is O=C1CCCN1Cc1cccc2c(-c3ccc(OC(F)F)c4oc5ccccc5c34)ccnc12. The van der Waals surface area contributed by atoms with Crippen LogP contribution in [0.3, 0.4) is 0 Å². The molecule has 6 rings (SSSR count). The van der Waals surface area contributed by atoms with Gasteiger partial charge in [0.15, 0.2) is 11.3 Å². The fourth-order valence-corrected chi connectivity index (χ4v) is 4.89. The van der Waals surface area contributed by atoms with Crippen molar-refractivity contribution in [3.05, 3.63) is 72.4 Å². The Morgan fingerprint density at radius 1 is 1.00 bits per heavy atom. The molecule has 0 aliphatic carbocycles. The van der Waals surface area contributed by atoms with Gasteiger partial charge in [-0.3, -0.25) is 9.78 Å². The lowest BCUT2D eigenvalue weighted by molar-refractivity contribution is -0.128. The quantitative estimate of drug-likeness (QED) is 0.301. The number of alkyl halides is 2. The number of hydrogen-bond acceptors (Lipinski definition) is 4. The van der Waals surface area contributed by atoms with Crippen LogP contribution in [0.2, 0.25) is 0 Å². The number of rotatable bonds is 5. The number of amides is 1. The van der Waals surface area contributed by atoms with Gasteiger partial charge < -0.3 is 14.1 Å². The van der Waals surface area contributed by atoms with Crippen molar-refractivity contribution in [1.82, 2.24) is 9.88 Å². The van der Waals surface area contributed by atoms with E-state index in [1.807, 2.05) is 47.4 Å². The van der Waals surface area contributed by atoms with Gasteiger partial charge in [0.05, 0.1) is 5.52 Å². The van der Waals surface area contributed by atoms with Crippen LogP contribution in [0.15, 0.2) is 71.3 Å². The number of halogens is 2. The zero-order chi connectivity index (χ0) is 23.2. The number of nitrogens with zero attached hydrogens (tertiary/aromatic N) is 2. The zero-order valence-electron chi connectivity index (χ0n) is 18.1. The molecule has 1 saturated heterocycles. The van der Waals surface area contributed by atoms with E-state index in [0.29, 0.717) is 23.9 Å². The summed E-state index contributed by atoms with van der Waals surface area (Å²) in [5.74, 6) is 0.158. The van der Waals surface area contributed by atoms with E-state index in [0.717, 1.165) is 45.9 Å². The number of ether oxygens (including phenoxy) is 1. The van der Waals surface area contributed by atoms with E-state index in [1.165, 1.54) is 6.07 Å². The molecule has 5 aromatic rings. The first kappa shape index (κ1) is 20.6. The van der Waals surface area contributed by atoms with Gasteiger partial charge in [-0.25, -0.2) is 0 Å². The molecule has 1 aliphatic heterocycles. The Hall–Kier alpha value is -4.00. The summed E-state index contributed by atoms with van der Waals surface area (Å²) in [5, 5.41) is 2.44. The summed E-state index contributed by atoms with van der Waals surface area (Å²) in [6.45, 7) is -1.69. The van der Waals surface area contributed by atoms with E-state index >= 15 is 0 Å². The number of furan rings is 1. The predicted molar refractivity (Wildman–Crippen MR) is 126 cm³/mol. The van der Waals surface area contributed by atoms with E-state index in [4.69, 9.17) is 9.15 Å². The smallest absolute Gasteiger partial charge is 0.387 e. The van der Waals surface area contributed by atoms with Crippen LogP contribution in [-0.2, 0) is 11.3 Å². The highest BCUT2D eigenvalue weighted by molar-refractivity contribution is 6.16. The van der Waals surface area contributed by atoms with Gasteiger partial charge in [-0.05, 0) is 47.4 Å². The van der Waals surface area contributed by atoms with Crippen molar-refractivity contribution < 1.29 is 22.7 Å². The van der Waals surface area contributed by atoms with Crippen molar-refractivity contribution in [3.63, 3.8) is 0 Å². The minimum atomic E-state index is -2.96. The minimum Gasteiger partial charge on any atom is -0.452 e. The van der Waals surface area contributed by atoms with Gasteiger partial charge in [-0.15, -0.1) is 0 Å². The van der Waals surface area contributed by atoms with Gasteiger partial charge in [0.1, 0.15) is 5.58 Å². The molecule has 34 heavy (non-hydrogen) atoms. The second-order valence-electron chi connectivity index (χ2n) is 8.38. The molecule has 1 amide bonds. The van der Waals surface area contributed by atoms with Crippen LogP contribution in [0.5, 0.6) is 5.75 Å². The Morgan fingerprint density at radius 3 is 2.68 bits per heavy atom. The lowest BCUT2D eigenvalue weighted by atomic mass is 9.95. The van der Waals surface area contributed by atoms with Gasteiger partial charge in [0, 0.05) is 41.9 Å². The van der Waals surface area contributed by atoms with Crippen molar-refractivity contribution in [2.24, 2.45) is 0 Å². The molecule has 1 fully saturated rings. The van der Waals surface area contributed by atoms with Crippen molar-refractivity contribution in [2.45, 2.75) is 26.0 Å². The maximum Gasteiger partial charge on any atom is 0.387 e. The van der Waals surface area contributed by atoms with Crippen LogP contribution in [0.4, 0.5) is 8.78 Å². The highest BCUT2D eigenvalue weighted by atomic mass is 19.3. The number of aromatic nitrogens is 1. The van der Waals surface area contributed by atoms with Crippen LogP contribution in [0.25, 0.3) is 44.0 Å². The van der Waals surface area contributed by atoms with Crippen molar-refractivity contribution in [1.29, 1.82) is 0 Å². The summed E-state index contributed by atoms with van der Waals surface area (Å²) in [5.41, 5.74) is 4.40. The molecule has 5 nitrogen and oxygen atoms in total. The standard InChI is InChI=1S/C27H20F2N2O3/c28-27(29)34-22-11-10-18(24-20-6-1-2-8-21(20)33-26(22)24)17-12-13-30-25-16(5-3-7-19(17)25)15-31-14-4-9-23(31)32/h1-3,5-8,10-13,27H,4,9,14-15H2. The molecule has 3 heterocycles. The molecule has 0 radical (unpaired) electrons. The molecule has 0 unspecified atom stereocenters. The number of likely N-dealkylation sites (tertiary alicyclic amines) is 1. The lowest BCUT2D eigenvalue weighted by Crippen LogP contribution is -2.24. The van der Waals surface area contributed by atoms with Crippen LogP contribution in [-0.4, -0.2) is 28.9 Å². The van der Waals surface area contributed by atoms with E-state index in [2.05, 4.69) is 4.98 Å². The monoisotopic (exact) mass is 458 g/mol. The summed E-state index contributed by atoms with van der Waals surface area (Å²) in [6, 6.07) is 18.6. The first-order chi connectivity index (χ1) is 16.6. The van der Waals surface area contributed by atoms with Gasteiger partial charge in [0.25, 0.3) is 0 Å². The third-order valence-electron chi connectivity index (χ3n) is 6.38. The highest BCUT2D eigenvalue weighted by Gasteiger charge is 2.23.